The highest BCUT2D eigenvalue weighted by Gasteiger charge is 2.33. The van der Waals surface area contributed by atoms with Crippen molar-refractivity contribution in [1.29, 1.82) is 0 Å². The van der Waals surface area contributed by atoms with Crippen LogP contribution in [0, 0.1) is 0 Å². The van der Waals surface area contributed by atoms with Gasteiger partial charge in [-0.2, -0.15) is 0 Å². The van der Waals surface area contributed by atoms with Crippen LogP contribution in [0.15, 0.2) is 22.7 Å². The molecule has 0 atom stereocenters. The Bertz CT molecular complexity index is 493. The standard InChI is InChI=1S/C13H14BrF2NO3/c1-19-8-2-3-11(14)10(4-8)13(18)17-5-9(6-17)20-7-12(15)16/h2-4,9,12H,5-7H2,1H3. The van der Waals surface area contributed by atoms with Crippen LogP contribution in [-0.4, -0.2) is 50.1 Å². The number of ether oxygens (including phenoxy) is 2. The highest BCUT2D eigenvalue weighted by molar-refractivity contribution is 9.10. The Labute approximate surface area is 123 Å². The topological polar surface area (TPSA) is 38.8 Å². The number of hydrogen-bond donors (Lipinski definition) is 0. The summed E-state index contributed by atoms with van der Waals surface area (Å²) in [6.07, 6.45) is -2.79. The molecule has 1 aromatic rings. The summed E-state index contributed by atoms with van der Waals surface area (Å²) in [5.41, 5.74) is 0.483. The predicted octanol–water partition coefficient (Wildman–Crippen LogP) is 2.56. The van der Waals surface area contributed by atoms with Crippen LogP contribution in [0.5, 0.6) is 5.75 Å². The fourth-order valence-electron chi connectivity index (χ4n) is 1.88. The number of carbonyl (C=O) groups is 1. The molecule has 0 aliphatic carbocycles. The highest BCUT2D eigenvalue weighted by Crippen LogP contribution is 2.26. The third-order valence-electron chi connectivity index (χ3n) is 3.00. The second kappa shape index (κ2) is 6.49. The Morgan fingerprint density at radius 2 is 2.20 bits per heavy atom. The summed E-state index contributed by atoms with van der Waals surface area (Å²) >= 11 is 3.31. The van der Waals surface area contributed by atoms with Gasteiger partial charge in [-0.25, -0.2) is 8.78 Å². The lowest BCUT2D eigenvalue weighted by Crippen LogP contribution is -2.55. The summed E-state index contributed by atoms with van der Waals surface area (Å²) in [4.78, 5) is 13.8. The number of likely N-dealkylation sites (tertiary alicyclic amines) is 1. The van der Waals surface area contributed by atoms with Crippen molar-refractivity contribution in [3.05, 3.63) is 28.2 Å². The van der Waals surface area contributed by atoms with Gasteiger partial charge in [0.1, 0.15) is 12.4 Å². The lowest BCUT2D eigenvalue weighted by molar-refractivity contribution is -0.0776. The Morgan fingerprint density at radius 1 is 1.50 bits per heavy atom. The van der Waals surface area contributed by atoms with E-state index in [-0.39, 0.29) is 12.0 Å². The van der Waals surface area contributed by atoms with Gasteiger partial charge in [0.05, 0.1) is 18.8 Å². The second-order valence-corrected chi connectivity index (χ2v) is 5.26. The monoisotopic (exact) mass is 349 g/mol. The van der Waals surface area contributed by atoms with Crippen molar-refractivity contribution >= 4 is 21.8 Å². The van der Waals surface area contributed by atoms with Crippen molar-refractivity contribution in [2.75, 3.05) is 26.8 Å². The fourth-order valence-corrected chi connectivity index (χ4v) is 2.30. The average Bonchev–Trinajstić information content (AvgIpc) is 2.36. The molecule has 1 heterocycles. The predicted molar refractivity (Wildman–Crippen MR) is 72.3 cm³/mol. The number of rotatable bonds is 5. The lowest BCUT2D eigenvalue weighted by atomic mass is 10.1. The van der Waals surface area contributed by atoms with E-state index < -0.39 is 13.0 Å². The first-order valence-electron chi connectivity index (χ1n) is 6.04. The van der Waals surface area contributed by atoms with Crippen molar-refractivity contribution in [1.82, 2.24) is 4.90 Å². The summed E-state index contributed by atoms with van der Waals surface area (Å²) in [7, 11) is 1.52. The minimum absolute atomic E-state index is 0.173. The summed E-state index contributed by atoms with van der Waals surface area (Å²) < 4.78 is 34.7. The van der Waals surface area contributed by atoms with Crippen molar-refractivity contribution < 1.29 is 23.0 Å². The maximum absolute atomic E-state index is 12.2. The number of nitrogens with zero attached hydrogens (tertiary/aromatic N) is 1. The van der Waals surface area contributed by atoms with Crippen LogP contribution in [0.1, 0.15) is 10.4 Å². The van der Waals surface area contributed by atoms with Crippen molar-refractivity contribution in [3.63, 3.8) is 0 Å². The molecular formula is C13H14BrF2NO3. The molecule has 0 bridgehead atoms. The molecule has 1 amide bonds. The molecule has 20 heavy (non-hydrogen) atoms. The molecular weight excluding hydrogens is 336 g/mol. The van der Waals surface area contributed by atoms with Gasteiger partial charge in [0.2, 0.25) is 0 Å². The van der Waals surface area contributed by atoms with Crippen molar-refractivity contribution in [2.24, 2.45) is 0 Å². The van der Waals surface area contributed by atoms with Crippen molar-refractivity contribution in [3.8, 4) is 5.75 Å². The molecule has 7 heteroatoms. The normalized spacial score (nSPS) is 15.3. The second-order valence-electron chi connectivity index (χ2n) is 4.40. The van der Waals surface area contributed by atoms with Crippen LogP contribution >= 0.6 is 15.9 Å². The van der Waals surface area contributed by atoms with Crippen LogP contribution in [0.4, 0.5) is 8.78 Å². The number of hydrogen-bond acceptors (Lipinski definition) is 3. The zero-order valence-corrected chi connectivity index (χ0v) is 12.4. The number of carbonyl (C=O) groups excluding carboxylic acids is 1. The smallest absolute Gasteiger partial charge is 0.261 e. The van der Waals surface area contributed by atoms with E-state index in [0.29, 0.717) is 28.9 Å². The highest BCUT2D eigenvalue weighted by atomic mass is 79.9. The molecule has 0 radical (unpaired) electrons. The summed E-state index contributed by atoms with van der Waals surface area (Å²) in [6, 6.07) is 5.11. The van der Waals surface area contributed by atoms with E-state index in [1.807, 2.05) is 0 Å². The van der Waals surface area contributed by atoms with Crippen LogP contribution < -0.4 is 4.74 Å². The van der Waals surface area contributed by atoms with Gasteiger partial charge in [0, 0.05) is 17.6 Å². The van der Waals surface area contributed by atoms with Gasteiger partial charge < -0.3 is 14.4 Å². The van der Waals surface area contributed by atoms with E-state index in [9.17, 15) is 13.6 Å². The zero-order valence-electron chi connectivity index (χ0n) is 10.8. The largest absolute Gasteiger partial charge is 0.497 e. The Balaban J connectivity index is 1.93. The summed E-state index contributed by atoms with van der Waals surface area (Å²) in [6.45, 7) is 0.0694. The summed E-state index contributed by atoms with van der Waals surface area (Å²) in [5.74, 6) is 0.412. The van der Waals surface area contributed by atoms with E-state index >= 15 is 0 Å². The first kappa shape index (κ1) is 15.2. The zero-order chi connectivity index (χ0) is 14.7. The lowest BCUT2D eigenvalue weighted by Gasteiger charge is -2.39. The molecule has 1 aliphatic heterocycles. The average molecular weight is 350 g/mol. The molecule has 1 aliphatic rings. The Kier molecular flexibility index (Phi) is 4.93. The van der Waals surface area contributed by atoms with E-state index in [0.717, 1.165) is 0 Å². The molecule has 4 nitrogen and oxygen atoms in total. The first-order chi connectivity index (χ1) is 9.51. The van der Waals surface area contributed by atoms with Gasteiger partial charge in [-0.1, -0.05) is 0 Å². The van der Waals surface area contributed by atoms with E-state index in [4.69, 9.17) is 9.47 Å². The molecule has 0 unspecified atom stereocenters. The van der Waals surface area contributed by atoms with Crippen LogP contribution in [0.2, 0.25) is 0 Å². The minimum Gasteiger partial charge on any atom is -0.497 e. The molecule has 0 spiro atoms. The van der Waals surface area contributed by atoms with Gasteiger partial charge in [-0.15, -0.1) is 0 Å². The minimum atomic E-state index is -2.48. The SMILES string of the molecule is COc1ccc(Br)c(C(=O)N2CC(OCC(F)F)C2)c1. The summed E-state index contributed by atoms with van der Waals surface area (Å²) in [5, 5.41) is 0. The first-order valence-corrected chi connectivity index (χ1v) is 6.83. The molecule has 1 fully saturated rings. The van der Waals surface area contributed by atoms with Crippen molar-refractivity contribution in [2.45, 2.75) is 12.5 Å². The van der Waals surface area contributed by atoms with Gasteiger partial charge in [-0.3, -0.25) is 4.79 Å². The fraction of sp³-hybridized carbons (Fsp3) is 0.462. The van der Waals surface area contributed by atoms with Gasteiger partial charge >= 0.3 is 0 Å². The number of benzene rings is 1. The molecule has 1 aromatic carbocycles. The maximum Gasteiger partial charge on any atom is 0.261 e. The third kappa shape index (κ3) is 3.46. The quantitative estimate of drug-likeness (QED) is 0.819. The molecule has 2 rings (SSSR count). The van der Waals surface area contributed by atoms with Gasteiger partial charge in [0.25, 0.3) is 12.3 Å². The molecule has 110 valence electrons. The van der Waals surface area contributed by atoms with E-state index in [2.05, 4.69) is 15.9 Å². The number of alkyl halides is 2. The molecule has 0 N–H and O–H groups in total. The van der Waals surface area contributed by atoms with E-state index in [1.165, 1.54) is 7.11 Å². The Hall–Kier alpha value is -1.21. The number of methoxy groups -OCH3 is 1. The molecule has 0 aromatic heterocycles. The van der Waals surface area contributed by atoms with Crippen LogP contribution in [-0.2, 0) is 4.74 Å². The van der Waals surface area contributed by atoms with Crippen LogP contribution in [0.25, 0.3) is 0 Å². The van der Waals surface area contributed by atoms with Crippen LogP contribution in [0.3, 0.4) is 0 Å². The maximum atomic E-state index is 12.2. The van der Waals surface area contributed by atoms with Gasteiger partial charge in [-0.05, 0) is 34.1 Å². The number of amides is 1. The van der Waals surface area contributed by atoms with Gasteiger partial charge in [0.15, 0.2) is 0 Å². The number of halogens is 3. The Morgan fingerprint density at radius 3 is 2.80 bits per heavy atom. The van der Waals surface area contributed by atoms with E-state index in [1.54, 1.807) is 23.1 Å². The molecule has 0 saturated carbocycles. The molecule has 1 saturated heterocycles. The third-order valence-corrected chi connectivity index (χ3v) is 3.69.